The smallest absolute Gasteiger partial charge is 0.261 e. The molecule has 3 fully saturated rings. The van der Waals surface area contributed by atoms with E-state index in [4.69, 9.17) is 11.6 Å². The van der Waals surface area contributed by atoms with E-state index in [2.05, 4.69) is 15.2 Å². The number of carbonyl (C=O) groups is 1. The van der Waals surface area contributed by atoms with Crippen LogP contribution in [0.15, 0.2) is 39.7 Å². The van der Waals surface area contributed by atoms with E-state index >= 15 is 0 Å². The van der Waals surface area contributed by atoms with Crippen LogP contribution in [0.2, 0.25) is 5.02 Å². The molecule has 126 valence electrons. The molecule has 3 aliphatic heterocycles. The van der Waals surface area contributed by atoms with Gasteiger partial charge in [-0.3, -0.25) is 4.79 Å². The van der Waals surface area contributed by atoms with Crippen LogP contribution in [0.4, 0.5) is 0 Å². The Bertz CT molecular complexity index is 743. The highest BCUT2D eigenvalue weighted by atomic mass is 35.5. The van der Waals surface area contributed by atoms with Crippen molar-refractivity contribution in [2.45, 2.75) is 28.1 Å². The molecule has 1 N–H and O–H groups in total. The molecule has 5 rings (SSSR count). The topological polar surface area (TPSA) is 45.2 Å². The van der Waals surface area contributed by atoms with Crippen molar-refractivity contribution in [2.75, 3.05) is 19.6 Å². The van der Waals surface area contributed by atoms with Crippen molar-refractivity contribution in [1.82, 2.24) is 15.2 Å². The molecular weight excluding hydrogens is 362 g/mol. The summed E-state index contributed by atoms with van der Waals surface area (Å²) >= 11 is 9.03. The highest BCUT2D eigenvalue weighted by molar-refractivity contribution is 8.01. The van der Waals surface area contributed by atoms with E-state index in [0.29, 0.717) is 17.0 Å². The Labute approximate surface area is 154 Å². The maximum Gasteiger partial charge on any atom is 0.261 e. The van der Waals surface area contributed by atoms with Crippen molar-refractivity contribution in [3.05, 3.63) is 40.4 Å². The van der Waals surface area contributed by atoms with Crippen molar-refractivity contribution < 1.29 is 4.79 Å². The van der Waals surface area contributed by atoms with E-state index in [1.807, 2.05) is 18.2 Å². The summed E-state index contributed by atoms with van der Waals surface area (Å²) in [4.78, 5) is 20.0. The predicted molar refractivity (Wildman–Crippen MR) is 98.1 cm³/mol. The second kappa shape index (κ2) is 7.04. The van der Waals surface area contributed by atoms with Crippen LogP contribution in [-0.2, 0) is 0 Å². The molecule has 4 nitrogen and oxygen atoms in total. The number of nitrogens with zero attached hydrogens (tertiary/aromatic N) is 2. The van der Waals surface area contributed by atoms with Gasteiger partial charge in [-0.25, -0.2) is 4.98 Å². The van der Waals surface area contributed by atoms with Crippen LogP contribution in [0.3, 0.4) is 0 Å². The monoisotopic (exact) mass is 379 g/mol. The summed E-state index contributed by atoms with van der Waals surface area (Å²) < 4.78 is 1.05. The Kier molecular flexibility index (Phi) is 4.81. The molecule has 0 saturated carbocycles. The number of thiophene rings is 1. The van der Waals surface area contributed by atoms with Crippen LogP contribution in [0, 0.1) is 5.92 Å². The van der Waals surface area contributed by atoms with Gasteiger partial charge in [-0.15, -0.1) is 11.3 Å². The highest BCUT2D eigenvalue weighted by Gasteiger charge is 2.35. The standard InChI is InChI=1S/C17H18ClN3OS2/c18-12-3-6-19-15(9-12)24-16-2-1-14(23-16)17(22)20-13-10-21-7-4-11(13)5-8-21/h1-3,6,9,11,13H,4-5,7-8,10H2,(H,20,22). The molecule has 3 aliphatic rings. The second-order valence-corrected chi connectivity index (χ2v) is 9.09. The summed E-state index contributed by atoms with van der Waals surface area (Å²) in [6.07, 6.45) is 4.10. The van der Waals surface area contributed by atoms with Crippen LogP contribution >= 0.6 is 34.7 Å². The van der Waals surface area contributed by atoms with Gasteiger partial charge in [0.05, 0.1) is 9.09 Å². The first-order chi connectivity index (χ1) is 11.7. The maximum absolute atomic E-state index is 12.5. The molecule has 0 radical (unpaired) electrons. The molecule has 0 aromatic carbocycles. The van der Waals surface area contributed by atoms with Gasteiger partial charge in [0.15, 0.2) is 0 Å². The zero-order valence-corrected chi connectivity index (χ0v) is 15.5. The normalized spacial score (nSPS) is 25.6. The third kappa shape index (κ3) is 3.61. The van der Waals surface area contributed by atoms with Crippen molar-refractivity contribution in [2.24, 2.45) is 5.92 Å². The lowest BCUT2D eigenvalue weighted by Gasteiger charge is -2.44. The molecule has 5 heterocycles. The van der Waals surface area contributed by atoms with E-state index in [1.165, 1.54) is 49.0 Å². The number of carbonyl (C=O) groups excluding carboxylic acids is 1. The van der Waals surface area contributed by atoms with E-state index < -0.39 is 0 Å². The minimum Gasteiger partial charge on any atom is -0.347 e. The van der Waals surface area contributed by atoms with Crippen LogP contribution in [0.1, 0.15) is 22.5 Å². The average Bonchev–Trinajstić information content (AvgIpc) is 3.05. The Hall–Kier alpha value is -1.08. The molecule has 7 heteroatoms. The molecule has 24 heavy (non-hydrogen) atoms. The maximum atomic E-state index is 12.5. The fourth-order valence-corrected chi connectivity index (χ4v) is 5.61. The largest absolute Gasteiger partial charge is 0.347 e. The lowest BCUT2D eigenvalue weighted by molar-refractivity contribution is 0.0622. The van der Waals surface area contributed by atoms with E-state index in [0.717, 1.165) is 20.7 Å². The SMILES string of the molecule is O=C(NC1CN2CCC1CC2)c1ccc(Sc2cc(Cl)ccn2)s1. The lowest BCUT2D eigenvalue weighted by Crippen LogP contribution is -2.57. The summed E-state index contributed by atoms with van der Waals surface area (Å²) in [7, 11) is 0. The summed E-state index contributed by atoms with van der Waals surface area (Å²) in [6.45, 7) is 3.36. The number of fused-ring (bicyclic) bond motifs is 3. The summed E-state index contributed by atoms with van der Waals surface area (Å²) in [5, 5.41) is 4.75. The molecule has 2 aromatic heterocycles. The first-order valence-electron chi connectivity index (χ1n) is 8.10. The van der Waals surface area contributed by atoms with E-state index in [9.17, 15) is 4.79 Å². The number of nitrogens with one attached hydrogen (secondary N) is 1. The number of halogens is 1. The van der Waals surface area contributed by atoms with Gasteiger partial charge in [-0.05, 0) is 56.1 Å². The number of piperidine rings is 3. The van der Waals surface area contributed by atoms with Crippen molar-refractivity contribution >= 4 is 40.6 Å². The molecule has 1 unspecified atom stereocenters. The number of hydrogen-bond donors (Lipinski definition) is 1. The fourth-order valence-electron chi connectivity index (χ4n) is 3.41. The number of rotatable bonds is 4. The van der Waals surface area contributed by atoms with Gasteiger partial charge in [-0.2, -0.15) is 0 Å². The number of amides is 1. The Morgan fingerprint density at radius 3 is 2.88 bits per heavy atom. The highest BCUT2D eigenvalue weighted by Crippen LogP contribution is 2.33. The van der Waals surface area contributed by atoms with Crippen molar-refractivity contribution in [3.8, 4) is 0 Å². The zero-order valence-electron chi connectivity index (χ0n) is 13.1. The summed E-state index contributed by atoms with van der Waals surface area (Å²) in [5.74, 6) is 0.688. The number of hydrogen-bond acceptors (Lipinski definition) is 5. The average molecular weight is 380 g/mol. The van der Waals surface area contributed by atoms with Crippen LogP contribution in [0.5, 0.6) is 0 Å². The minimum absolute atomic E-state index is 0.0460. The molecule has 0 spiro atoms. The number of aromatic nitrogens is 1. The van der Waals surface area contributed by atoms with Crippen molar-refractivity contribution in [1.29, 1.82) is 0 Å². The van der Waals surface area contributed by atoms with Crippen LogP contribution < -0.4 is 5.32 Å². The predicted octanol–water partition coefficient (Wildman–Crippen LogP) is 3.77. The first-order valence-corrected chi connectivity index (χ1v) is 10.1. The van der Waals surface area contributed by atoms with E-state index in [-0.39, 0.29) is 5.91 Å². The number of pyridine rings is 1. The van der Waals surface area contributed by atoms with Gasteiger partial charge in [0, 0.05) is 23.8 Å². The molecular formula is C17H18ClN3OS2. The minimum atomic E-state index is 0.0460. The summed E-state index contributed by atoms with van der Waals surface area (Å²) in [5.41, 5.74) is 0. The van der Waals surface area contributed by atoms with Crippen LogP contribution in [-0.4, -0.2) is 41.5 Å². The fraction of sp³-hybridized carbons (Fsp3) is 0.412. The Morgan fingerprint density at radius 2 is 2.17 bits per heavy atom. The third-order valence-electron chi connectivity index (χ3n) is 4.68. The third-order valence-corrected chi connectivity index (χ3v) is 7.06. The lowest BCUT2D eigenvalue weighted by atomic mass is 9.84. The van der Waals surface area contributed by atoms with Gasteiger partial charge in [0.1, 0.15) is 5.03 Å². The van der Waals surface area contributed by atoms with Gasteiger partial charge in [0.25, 0.3) is 5.91 Å². The second-order valence-electron chi connectivity index (χ2n) is 6.25. The van der Waals surface area contributed by atoms with Gasteiger partial charge < -0.3 is 10.2 Å². The zero-order chi connectivity index (χ0) is 16.5. The van der Waals surface area contributed by atoms with Crippen molar-refractivity contribution in [3.63, 3.8) is 0 Å². The van der Waals surface area contributed by atoms with Gasteiger partial charge in [0.2, 0.25) is 0 Å². The summed E-state index contributed by atoms with van der Waals surface area (Å²) in [6, 6.07) is 7.76. The van der Waals surface area contributed by atoms with E-state index in [1.54, 1.807) is 12.3 Å². The first kappa shape index (κ1) is 16.4. The molecule has 3 saturated heterocycles. The van der Waals surface area contributed by atoms with Crippen LogP contribution in [0.25, 0.3) is 0 Å². The molecule has 1 atom stereocenters. The van der Waals surface area contributed by atoms with Gasteiger partial charge in [-0.1, -0.05) is 23.4 Å². The molecule has 0 aliphatic carbocycles. The quantitative estimate of drug-likeness (QED) is 0.878. The molecule has 2 aromatic rings. The molecule has 1 amide bonds. The molecule has 2 bridgehead atoms. The van der Waals surface area contributed by atoms with Gasteiger partial charge >= 0.3 is 0 Å². The Morgan fingerprint density at radius 1 is 1.33 bits per heavy atom. The Balaban J connectivity index is 1.40.